The van der Waals surface area contributed by atoms with Crippen LogP contribution in [-0.2, 0) is 9.59 Å². The molecule has 2 aliphatic rings. The van der Waals surface area contributed by atoms with Crippen molar-refractivity contribution in [2.24, 2.45) is 5.92 Å². The lowest BCUT2D eigenvalue weighted by molar-refractivity contribution is -0.141. The van der Waals surface area contributed by atoms with Crippen LogP contribution in [0.5, 0.6) is 0 Å². The molecule has 2 aromatic rings. The highest BCUT2D eigenvalue weighted by atomic mass is 32.1. The Morgan fingerprint density at radius 1 is 1.19 bits per heavy atom. The predicted molar refractivity (Wildman–Crippen MR) is 107 cm³/mol. The van der Waals surface area contributed by atoms with Crippen molar-refractivity contribution >= 4 is 29.0 Å². The number of anilines is 1. The Morgan fingerprint density at radius 3 is 2.74 bits per heavy atom. The second-order valence-corrected chi connectivity index (χ2v) is 8.88. The summed E-state index contributed by atoms with van der Waals surface area (Å²) in [5.41, 5.74) is 0.893. The fourth-order valence-corrected chi connectivity index (χ4v) is 5.02. The Labute approximate surface area is 163 Å². The van der Waals surface area contributed by atoms with Gasteiger partial charge in [-0.1, -0.05) is 19.3 Å². The van der Waals surface area contributed by atoms with E-state index in [4.69, 9.17) is 0 Å². The number of H-pyrrole nitrogens is 1. The van der Waals surface area contributed by atoms with Crippen molar-refractivity contribution in [2.75, 3.05) is 11.9 Å². The molecule has 6 nitrogen and oxygen atoms in total. The van der Waals surface area contributed by atoms with Gasteiger partial charge in [0, 0.05) is 23.4 Å². The van der Waals surface area contributed by atoms with Gasteiger partial charge < -0.3 is 10.2 Å². The summed E-state index contributed by atoms with van der Waals surface area (Å²) >= 11 is 1.68. The number of rotatable bonds is 4. The molecule has 0 aromatic carbocycles. The van der Waals surface area contributed by atoms with Gasteiger partial charge in [0.1, 0.15) is 6.04 Å². The Bertz CT molecular complexity index is 822. The summed E-state index contributed by atoms with van der Waals surface area (Å²) in [6, 6.07) is 5.59. The first-order chi connectivity index (χ1) is 13.1. The van der Waals surface area contributed by atoms with Crippen LogP contribution in [0.25, 0.3) is 10.6 Å². The summed E-state index contributed by atoms with van der Waals surface area (Å²) in [7, 11) is 0. The maximum atomic E-state index is 12.9. The summed E-state index contributed by atoms with van der Waals surface area (Å²) in [5, 5.41) is 10.1. The number of nitrogens with zero attached hydrogens (tertiary/aromatic N) is 2. The van der Waals surface area contributed by atoms with Crippen LogP contribution < -0.4 is 5.32 Å². The van der Waals surface area contributed by atoms with Crippen LogP contribution in [0.1, 0.15) is 49.8 Å². The quantitative estimate of drug-likeness (QED) is 0.835. The number of thiophene rings is 1. The molecule has 2 fully saturated rings. The minimum atomic E-state index is -0.372. The summed E-state index contributed by atoms with van der Waals surface area (Å²) < 4.78 is 0. The number of carbonyl (C=O) groups excluding carboxylic acids is 2. The summed E-state index contributed by atoms with van der Waals surface area (Å²) in [4.78, 5) is 29.8. The van der Waals surface area contributed by atoms with E-state index in [0.717, 1.165) is 49.1 Å². The molecule has 0 bridgehead atoms. The van der Waals surface area contributed by atoms with E-state index < -0.39 is 0 Å². The van der Waals surface area contributed by atoms with E-state index in [2.05, 4.69) is 28.5 Å². The lowest BCUT2D eigenvalue weighted by Crippen LogP contribution is -2.46. The normalized spacial score (nSPS) is 20.8. The molecule has 1 atom stereocenters. The van der Waals surface area contributed by atoms with Gasteiger partial charge in [-0.15, -0.1) is 11.3 Å². The molecule has 0 spiro atoms. The highest BCUT2D eigenvalue weighted by Gasteiger charge is 2.37. The lowest BCUT2D eigenvalue weighted by Gasteiger charge is -2.29. The van der Waals surface area contributed by atoms with E-state index in [1.165, 1.54) is 11.3 Å². The number of hydrogen-bond donors (Lipinski definition) is 2. The molecule has 2 N–H and O–H groups in total. The molecule has 7 heteroatoms. The third-order valence-electron chi connectivity index (χ3n) is 5.63. The molecule has 1 aliphatic heterocycles. The van der Waals surface area contributed by atoms with E-state index in [-0.39, 0.29) is 23.8 Å². The molecule has 2 aromatic heterocycles. The van der Waals surface area contributed by atoms with Crippen molar-refractivity contribution in [2.45, 2.75) is 57.9 Å². The minimum absolute atomic E-state index is 0.103. The van der Waals surface area contributed by atoms with Gasteiger partial charge in [0.15, 0.2) is 5.82 Å². The number of hydrogen-bond acceptors (Lipinski definition) is 4. The zero-order valence-electron chi connectivity index (χ0n) is 15.7. The number of aromatic nitrogens is 2. The first kappa shape index (κ1) is 18.2. The predicted octanol–water partition coefficient (Wildman–Crippen LogP) is 3.96. The third-order valence-corrected chi connectivity index (χ3v) is 6.66. The van der Waals surface area contributed by atoms with Crippen LogP contribution in [0.3, 0.4) is 0 Å². The summed E-state index contributed by atoms with van der Waals surface area (Å²) in [6.45, 7) is 2.75. The van der Waals surface area contributed by atoms with Crippen molar-refractivity contribution < 1.29 is 9.59 Å². The standard InChI is InChI=1S/C20H26N4O2S/c1-13-9-10-17(27-13)15-12-18(23-22-15)21-19(25)16-8-5-11-24(16)20(26)14-6-3-2-4-7-14/h9-10,12,14,16H,2-8,11H2,1H3,(H2,21,22,23,25). The third kappa shape index (κ3) is 3.93. The average Bonchev–Trinajstić information content (AvgIpc) is 3.42. The molecule has 0 radical (unpaired) electrons. The Hall–Kier alpha value is -2.15. The van der Waals surface area contributed by atoms with E-state index in [9.17, 15) is 9.59 Å². The molecular weight excluding hydrogens is 360 g/mol. The molecule has 1 unspecified atom stereocenters. The second kappa shape index (κ2) is 7.84. The Kier molecular flexibility index (Phi) is 5.29. The van der Waals surface area contributed by atoms with E-state index in [1.54, 1.807) is 11.3 Å². The number of aryl methyl sites for hydroxylation is 1. The summed E-state index contributed by atoms with van der Waals surface area (Å²) in [6.07, 6.45) is 7.01. The number of amides is 2. The van der Waals surface area contributed by atoms with Crippen LogP contribution in [0.4, 0.5) is 5.82 Å². The van der Waals surface area contributed by atoms with Gasteiger partial charge >= 0.3 is 0 Å². The number of nitrogens with one attached hydrogen (secondary N) is 2. The van der Waals surface area contributed by atoms with Gasteiger partial charge in [-0.25, -0.2) is 0 Å². The maximum Gasteiger partial charge on any atom is 0.248 e. The zero-order chi connectivity index (χ0) is 18.8. The largest absolute Gasteiger partial charge is 0.330 e. The van der Waals surface area contributed by atoms with Crippen LogP contribution in [-0.4, -0.2) is 39.5 Å². The fourth-order valence-electron chi connectivity index (χ4n) is 4.19. The minimum Gasteiger partial charge on any atom is -0.330 e. The molecule has 3 heterocycles. The Balaban J connectivity index is 1.41. The first-order valence-corrected chi connectivity index (χ1v) is 10.7. The average molecular weight is 387 g/mol. The highest BCUT2D eigenvalue weighted by Crippen LogP contribution is 2.30. The van der Waals surface area contributed by atoms with E-state index in [1.807, 2.05) is 17.0 Å². The van der Waals surface area contributed by atoms with Gasteiger partial charge in [0.2, 0.25) is 11.8 Å². The molecular formula is C20H26N4O2S. The monoisotopic (exact) mass is 386 g/mol. The lowest BCUT2D eigenvalue weighted by atomic mass is 9.88. The van der Waals surface area contributed by atoms with Gasteiger partial charge in [0.25, 0.3) is 0 Å². The Morgan fingerprint density at radius 2 is 2.00 bits per heavy atom. The van der Waals surface area contributed by atoms with Crippen LogP contribution in [0.2, 0.25) is 0 Å². The SMILES string of the molecule is Cc1ccc(-c2cc(NC(=O)C3CCCN3C(=O)C3CCCCC3)n[nH]2)s1. The van der Waals surface area contributed by atoms with Crippen molar-refractivity contribution in [3.05, 3.63) is 23.1 Å². The molecule has 4 rings (SSSR count). The molecule has 1 saturated heterocycles. The van der Waals surface area contributed by atoms with Gasteiger partial charge in [0.05, 0.1) is 10.6 Å². The molecule has 27 heavy (non-hydrogen) atoms. The van der Waals surface area contributed by atoms with Crippen LogP contribution in [0, 0.1) is 12.8 Å². The van der Waals surface area contributed by atoms with E-state index >= 15 is 0 Å². The van der Waals surface area contributed by atoms with Crippen molar-refractivity contribution in [1.29, 1.82) is 0 Å². The molecule has 2 amide bonds. The zero-order valence-corrected chi connectivity index (χ0v) is 16.5. The van der Waals surface area contributed by atoms with Gasteiger partial charge in [-0.05, 0) is 44.7 Å². The van der Waals surface area contributed by atoms with Crippen LogP contribution >= 0.6 is 11.3 Å². The fraction of sp³-hybridized carbons (Fsp3) is 0.550. The second-order valence-electron chi connectivity index (χ2n) is 7.59. The summed E-state index contributed by atoms with van der Waals surface area (Å²) in [5.74, 6) is 0.658. The number of aromatic amines is 1. The van der Waals surface area contributed by atoms with Crippen molar-refractivity contribution in [1.82, 2.24) is 15.1 Å². The maximum absolute atomic E-state index is 12.9. The van der Waals surface area contributed by atoms with Crippen molar-refractivity contribution in [3.63, 3.8) is 0 Å². The topological polar surface area (TPSA) is 78.1 Å². The van der Waals surface area contributed by atoms with Gasteiger partial charge in [-0.2, -0.15) is 5.10 Å². The van der Waals surface area contributed by atoms with Crippen molar-refractivity contribution in [3.8, 4) is 10.6 Å². The molecule has 1 saturated carbocycles. The van der Waals surface area contributed by atoms with Gasteiger partial charge in [-0.3, -0.25) is 14.7 Å². The molecule has 144 valence electrons. The molecule has 1 aliphatic carbocycles. The smallest absolute Gasteiger partial charge is 0.248 e. The number of likely N-dealkylation sites (tertiary alicyclic amines) is 1. The van der Waals surface area contributed by atoms with E-state index in [0.29, 0.717) is 12.4 Å². The number of carbonyl (C=O) groups is 2. The highest BCUT2D eigenvalue weighted by molar-refractivity contribution is 7.15. The first-order valence-electron chi connectivity index (χ1n) is 9.85. The van der Waals surface area contributed by atoms with Crippen LogP contribution in [0.15, 0.2) is 18.2 Å².